The third-order valence-corrected chi connectivity index (χ3v) is 9.12. The largest absolute Gasteiger partial charge is 0.522 e. The minimum Gasteiger partial charge on any atom is -0.378 e. The Balaban J connectivity index is 1.31. The lowest BCUT2D eigenvalue weighted by Crippen LogP contribution is -2.59. The Labute approximate surface area is 234 Å². The van der Waals surface area contributed by atoms with Crippen LogP contribution in [0.2, 0.25) is 0 Å². The van der Waals surface area contributed by atoms with Gasteiger partial charge in [0, 0.05) is 61.2 Å². The third kappa shape index (κ3) is 6.57. The maximum Gasteiger partial charge on any atom is 0.522 e. The topological polar surface area (TPSA) is 100 Å². The molecule has 7 unspecified atom stereocenters. The molecule has 9 nitrogen and oxygen atoms in total. The highest BCUT2D eigenvalue weighted by Crippen LogP contribution is 2.39. The molecule has 3 amide bonds. The van der Waals surface area contributed by atoms with Crippen LogP contribution in [0.1, 0.15) is 38.5 Å². The van der Waals surface area contributed by atoms with Gasteiger partial charge < -0.3 is 20.3 Å². The summed E-state index contributed by atoms with van der Waals surface area (Å²) in [7, 11) is 0. The van der Waals surface area contributed by atoms with Crippen molar-refractivity contribution in [2.75, 3.05) is 39.4 Å². The van der Waals surface area contributed by atoms with Crippen molar-refractivity contribution in [1.29, 1.82) is 0 Å². The summed E-state index contributed by atoms with van der Waals surface area (Å²) < 4.78 is 64.7. The van der Waals surface area contributed by atoms with E-state index in [4.69, 9.17) is 16.3 Å². The molecule has 5 rings (SSSR count). The Hall–Kier alpha value is -1.96. The number of nitrogens with one attached hydrogen (secondary N) is 2. The Kier molecular flexibility index (Phi) is 8.94. The van der Waals surface area contributed by atoms with Gasteiger partial charge in [-0.2, -0.15) is 0 Å². The van der Waals surface area contributed by atoms with Crippen molar-refractivity contribution in [1.82, 2.24) is 20.4 Å². The van der Waals surface area contributed by atoms with E-state index in [1.807, 2.05) is 0 Å². The number of hydrogen-bond acceptors (Lipinski definition) is 6. The van der Waals surface area contributed by atoms with E-state index < -0.39 is 65.8 Å². The second kappa shape index (κ2) is 12.1. The number of carbonyl (C=O) groups is 3. The number of alkyl halides is 5. The first-order valence-electron chi connectivity index (χ1n) is 14.0. The summed E-state index contributed by atoms with van der Waals surface area (Å²) in [4.78, 5) is 42.4. The number of hydrogen-bond donors (Lipinski definition) is 2. The van der Waals surface area contributed by atoms with Crippen LogP contribution in [-0.4, -0.2) is 109 Å². The van der Waals surface area contributed by atoms with Crippen LogP contribution in [0.15, 0.2) is 11.6 Å². The zero-order chi connectivity index (χ0) is 28.6. The van der Waals surface area contributed by atoms with Gasteiger partial charge >= 0.3 is 6.36 Å². The first-order chi connectivity index (χ1) is 19.0. The maximum atomic E-state index is 14.5. The maximum absolute atomic E-state index is 14.5. The first-order valence-corrected chi connectivity index (χ1v) is 14.4. The molecule has 4 fully saturated rings. The summed E-state index contributed by atoms with van der Waals surface area (Å²) >= 11 is 6.37. The van der Waals surface area contributed by atoms with Crippen molar-refractivity contribution >= 4 is 29.3 Å². The molecule has 0 aromatic rings. The monoisotopic (exact) mass is 594 g/mol. The Morgan fingerprint density at radius 1 is 1.12 bits per heavy atom. The van der Waals surface area contributed by atoms with Crippen LogP contribution in [0.5, 0.6) is 0 Å². The molecule has 3 aliphatic heterocycles. The highest BCUT2D eigenvalue weighted by molar-refractivity contribution is 6.20. The lowest BCUT2D eigenvalue weighted by molar-refractivity contribution is -0.352. The summed E-state index contributed by atoms with van der Waals surface area (Å²) in [5.74, 6) is -2.51. The quantitative estimate of drug-likeness (QED) is 0.373. The summed E-state index contributed by atoms with van der Waals surface area (Å²) in [6, 6.07) is -2.06. The molecule has 14 heteroatoms. The number of morpholine rings is 1. The lowest BCUT2D eigenvalue weighted by Gasteiger charge is -2.45. The molecule has 0 radical (unpaired) electrons. The Morgan fingerprint density at radius 2 is 1.88 bits per heavy atom. The predicted octanol–water partition coefficient (Wildman–Crippen LogP) is 1.89. The van der Waals surface area contributed by atoms with Crippen molar-refractivity contribution in [3.05, 3.63) is 11.6 Å². The number of ether oxygens (including phenoxy) is 2. The molecule has 2 saturated heterocycles. The van der Waals surface area contributed by atoms with Gasteiger partial charge in [-0.15, -0.1) is 24.8 Å². The van der Waals surface area contributed by atoms with Crippen LogP contribution in [-0.2, 0) is 23.9 Å². The first kappa shape index (κ1) is 29.5. The highest BCUT2D eigenvalue weighted by Gasteiger charge is 2.51. The molecule has 2 aliphatic carbocycles. The summed E-state index contributed by atoms with van der Waals surface area (Å²) in [6.07, 6.45) is -4.20. The summed E-state index contributed by atoms with van der Waals surface area (Å²) in [5.41, 5.74) is 0.232. The van der Waals surface area contributed by atoms with E-state index >= 15 is 0 Å². The third-order valence-electron chi connectivity index (χ3n) is 8.77. The van der Waals surface area contributed by atoms with Gasteiger partial charge in [-0.3, -0.25) is 24.0 Å². The molecular formula is C26H35ClF4N4O5. The van der Waals surface area contributed by atoms with Crippen molar-refractivity contribution in [2.24, 2.45) is 11.8 Å². The van der Waals surface area contributed by atoms with Gasteiger partial charge in [0.1, 0.15) is 6.17 Å². The minimum absolute atomic E-state index is 0.0678. The van der Waals surface area contributed by atoms with E-state index in [2.05, 4.69) is 15.4 Å². The fraction of sp³-hybridized carbons (Fsp3) is 0.808. The smallest absolute Gasteiger partial charge is 0.378 e. The molecular weight excluding hydrogens is 560 g/mol. The molecule has 224 valence electrons. The number of likely N-dealkylation sites (tertiary alicyclic amines) is 1. The molecule has 2 saturated carbocycles. The molecule has 0 spiro atoms. The number of carbonyl (C=O) groups excluding carboxylic acids is 3. The lowest BCUT2D eigenvalue weighted by atomic mass is 9.76. The molecule has 8 atom stereocenters. The van der Waals surface area contributed by atoms with E-state index in [-0.39, 0.29) is 30.9 Å². The van der Waals surface area contributed by atoms with E-state index in [1.165, 1.54) is 6.08 Å². The highest BCUT2D eigenvalue weighted by atomic mass is 35.5. The van der Waals surface area contributed by atoms with Gasteiger partial charge in [-0.05, 0) is 38.5 Å². The zero-order valence-electron chi connectivity index (χ0n) is 22.0. The van der Waals surface area contributed by atoms with Crippen LogP contribution >= 0.6 is 11.6 Å². The number of amides is 3. The van der Waals surface area contributed by atoms with Crippen molar-refractivity contribution in [2.45, 2.75) is 80.7 Å². The van der Waals surface area contributed by atoms with Crippen molar-refractivity contribution in [3.63, 3.8) is 0 Å². The Morgan fingerprint density at radius 3 is 2.60 bits per heavy atom. The second-order valence-electron chi connectivity index (χ2n) is 11.3. The van der Waals surface area contributed by atoms with Gasteiger partial charge in [0.2, 0.25) is 17.7 Å². The molecule has 5 aliphatic rings. The summed E-state index contributed by atoms with van der Waals surface area (Å²) in [5, 5.41) is 4.88. The fourth-order valence-electron chi connectivity index (χ4n) is 7.02. The van der Waals surface area contributed by atoms with Crippen LogP contribution in [0.4, 0.5) is 17.6 Å². The van der Waals surface area contributed by atoms with Gasteiger partial charge in [-0.1, -0.05) is 0 Å². The normalized spacial score (nSPS) is 37.4. The van der Waals surface area contributed by atoms with Crippen LogP contribution in [0.25, 0.3) is 0 Å². The SMILES string of the molecule is O=C1C=C(C(=O)N[C@@H]2CCN(C3C(OC(F)(F)F)CC(Cl)CC3C(=O)N3CCOCC3)C2)C2CCCC(F)C2N1. The average Bonchev–Trinajstić information content (AvgIpc) is 3.35. The zero-order valence-corrected chi connectivity index (χ0v) is 22.8. The van der Waals surface area contributed by atoms with E-state index in [9.17, 15) is 31.9 Å². The van der Waals surface area contributed by atoms with E-state index in [1.54, 1.807) is 9.80 Å². The standard InChI is InChI=1S/C26H35ClF4N4O5/c27-14-10-18(25(38)34-6-8-39-9-7-34)23(20(11-14)40-26(29,30)31)35-5-4-15(13-35)32-24(37)17-12-21(36)33-22-16(17)2-1-3-19(22)28/h12,14-16,18-20,22-23H,1-11,13H2,(H,32,37)(H,33,36)/t14?,15-,16?,18?,19?,20?,22?,23?/m1/s1. The summed E-state index contributed by atoms with van der Waals surface area (Å²) in [6.45, 7) is 1.95. The minimum atomic E-state index is -4.91. The van der Waals surface area contributed by atoms with Gasteiger partial charge in [-0.25, -0.2) is 4.39 Å². The average molecular weight is 595 g/mol. The molecule has 40 heavy (non-hydrogen) atoms. The van der Waals surface area contributed by atoms with Crippen molar-refractivity contribution in [3.8, 4) is 0 Å². The van der Waals surface area contributed by atoms with Gasteiger partial charge in [0.15, 0.2) is 0 Å². The van der Waals surface area contributed by atoms with Crippen LogP contribution in [0, 0.1) is 11.8 Å². The number of rotatable bonds is 5. The molecule has 3 heterocycles. The second-order valence-corrected chi connectivity index (χ2v) is 12.0. The molecule has 0 aromatic carbocycles. The number of nitrogens with zero attached hydrogens (tertiary/aromatic N) is 2. The van der Waals surface area contributed by atoms with E-state index in [0.717, 1.165) is 0 Å². The number of halogens is 5. The van der Waals surface area contributed by atoms with Crippen LogP contribution < -0.4 is 10.6 Å². The van der Waals surface area contributed by atoms with Crippen molar-refractivity contribution < 1.29 is 41.4 Å². The number of fused-ring (bicyclic) bond motifs is 1. The Bertz CT molecular complexity index is 1010. The van der Waals surface area contributed by atoms with E-state index in [0.29, 0.717) is 58.5 Å². The molecule has 0 bridgehead atoms. The predicted molar refractivity (Wildman–Crippen MR) is 135 cm³/mol. The van der Waals surface area contributed by atoms with Gasteiger partial charge in [0.05, 0.1) is 31.3 Å². The fourth-order valence-corrected chi connectivity index (χ4v) is 7.39. The molecule has 0 aromatic heterocycles. The van der Waals surface area contributed by atoms with Gasteiger partial charge in [0.25, 0.3) is 0 Å². The molecule has 2 N–H and O–H groups in total. The van der Waals surface area contributed by atoms with Crippen LogP contribution in [0.3, 0.4) is 0 Å².